The van der Waals surface area contributed by atoms with Crippen molar-refractivity contribution in [3.8, 4) is 5.75 Å². The molecule has 5 heteroatoms. The van der Waals surface area contributed by atoms with Crippen molar-refractivity contribution in [1.82, 2.24) is 9.59 Å². The highest BCUT2D eigenvalue weighted by Gasteiger charge is 2.25. The minimum Gasteiger partial charge on any atom is -0.493 e. The van der Waals surface area contributed by atoms with Crippen LogP contribution >= 0.6 is 11.5 Å². The monoisotopic (exact) mass is 276 g/mol. The van der Waals surface area contributed by atoms with Crippen molar-refractivity contribution in [2.45, 2.75) is 32.3 Å². The maximum absolute atomic E-state index is 10.6. The number of rotatable bonds is 4. The van der Waals surface area contributed by atoms with Crippen LogP contribution in [0.3, 0.4) is 0 Å². The summed E-state index contributed by atoms with van der Waals surface area (Å²) in [5, 5.41) is 14.7. The number of hydrogen-bond acceptors (Lipinski definition) is 5. The molecule has 1 aliphatic rings. The van der Waals surface area contributed by atoms with Gasteiger partial charge in [0.05, 0.1) is 17.2 Å². The van der Waals surface area contributed by atoms with Gasteiger partial charge in [-0.25, -0.2) is 0 Å². The van der Waals surface area contributed by atoms with Crippen LogP contribution in [0.15, 0.2) is 18.2 Å². The minimum atomic E-state index is -0.686. The summed E-state index contributed by atoms with van der Waals surface area (Å²) in [4.78, 5) is 0.839. The summed E-state index contributed by atoms with van der Waals surface area (Å²) >= 11 is 1.27. The zero-order chi connectivity index (χ0) is 13.2. The molecule has 1 aromatic heterocycles. The Hall–Kier alpha value is -1.46. The maximum atomic E-state index is 10.6. The maximum Gasteiger partial charge on any atom is 0.128 e. The van der Waals surface area contributed by atoms with Gasteiger partial charge in [-0.15, -0.1) is 5.10 Å². The first-order valence-corrected chi connectivity index (χ1v) is 7.32. The summed E-state index contributed by atoms with van der Waals surface area (Å²) in [6, 6.07) is 5.95. The second-order valence-corrected chi connectivity index (χ2v) is 5.46. The van der Waals surface area contributed by atoms with Crippen molar-refractivity contribution in [3.63, 3.8) is 0 Å². The summed E-state index contributed by atoms with van der Waals surface area (Å²) < 4.78 is 9.62. The highest BCUT2D eigenvalue weighted by atomic mass is 32.1. The quantitative estimate of drug-likeness (QED) is 0.932. The second-order valence-electron chi connectivity index (χ2n) is 4.67. The Kier molecular flexibility index (Phi) is 3.48. The third kappa shape index (κ3) is 2.24. The molecule has 2 heterocycles. The molecule has 1 atom stereocenters. The van der Waals surface area contributed by atoms with Gasteiger partial charge in [-0.3, -0.25) is 0 Å². The number of ether oxygens (including phenoxy) is 1. The van der Waals surface area contributed by atoms with Crippen LogP contribution in [0.5, 0.6) is 5.75 Å². The van der Waals surface area contributed by atoms with E-state index in [0.717, 1.165) is 41.1 Å². The van der Waals surface area contributed by atoms with Crippen LogP contribution in [-0.4, -0.2) is 21.3 Å². The van der Waals surface area contributed by atoms with E-state index in [1.807, 2.05) is 12.1 Å². The predicted molar refractivity (Wildman–Crippen MR) is 73.6 cm³/mol. The van der Waals surface area contributed by atoms with E-state index in [2.05, 4.69) is 22.6 Å². The lowest BCUT2D eigenvalue weighted by Crippen LogP contribution is -2.03. The highest BCUT2D eigenvalue weighted by Crippen LogP contribution is 2.37. The van der Waals surface area contributed by atoms with E-state index in [0.29, 0.717) is 6.61 Å². The second kappa shape index (κ2) is 5.27. The standard InChI is InChI=1S/C14H16N2O2S/c1-2-4-11-14(19-16-15-11)12(17)10-6-3-5-9-7-8-18-13(9)10/h3,5-6,12,17H,2,4,7-8H2,1H3. The van der Waals surface area contributed by atoms with Crippen LogP contribution in [0.1, 0.15) is 41.1 Å². The van der Waals surface area contributed by atoms with Gasteiger partial charge in [0.1, 0.15) is 11.9 Å². The fourth-order valence-electron chi connectivity index (χ4n) is 2.43. The van der Waals surface area contributed by atoms with Gasteiger partial charge in [-0.1, -0.05) is 36.0 Å². The lowest BCUT2D eigenvalue weighted by Gasteiger charge is -2.13. The molecular formula is C14H16N2O2S. The topological polar surface area (TPSA) is 55.2 Å². The molecule has 100 valence electrons. The number of aryl methyl sites for hydroxylation is 1. The summed E-state index contributed by atoms with van der Waals surface area (Å²) in [5.41, 5.74) is 2.90. The summed E-state index contributed by atoms with van der Waals surface area (Å²) in [7, 11) is 0. The summed E-state index contributed by atoms with van der Waals surface area (Å²) in [6.07, 6.45) is 2.07. The van der Waals surface area contributed by atoms with Crippen molar-refractivity contribution < 1.29 is 9.84 Å². The molecule has 0 saturated heterocycles. The number of aliphatic hydroxyl groups is 1. The summed E-state index contributed by atoms with van der Waals surface area (Å²) in [5.74, 6) is 0.839. The van der Waals surface area contributed by atoms with Gasteiger partial charge in [0.15, 0.2) is 0 Å². The zero-order valence-electron chi connectivity index (χ0n) is 10.8. The molecule has 0 radical (unpaired) electrons. The smallest absolute Gasteiger partial charge is 0.128 e. The Morgan fingerprint density at radius 3 is 3.21 bits per heavy atom. The predicted octanol–water partition coefficient (Wildman–Crippen LogP) is 2.51. The van der Waals surface area contributed by atoms with Crippen molar-refractivity contribution in [3.05, 3.63) is 39.9 Å². The third-order valence-corrected chi connectivity index (χ3v) is 4.18. The first-order valence-electron chi connectivity index (χ1n) is 6.55. The molecule has 1 N–H and O–H groups in total. The Morgan fingerprint density at radius 2 is 2.37 bits per heavy atom. The molecule has 1 aliphatic heterocycles. The van der Waals surface area contributed by atoms with Crippen LogP contribution in [0, 0.1) is 0 Å². The van der Waals surface area contributed by atoms with Crippen LogP contribution in [0.2, 0.25) is 0 Å². The van der Waals surface area contributed by atoms with Crippen molar-refractivity contribution in [2.75, 3.05) is 6.61 Å². The molecule has 0 saturated carbocycles. The molecule has 19 heavy (non-hydrogen) atoms. The van der Waals surface area contributed by atoms with Gasteiger partial charge in [0, 0.05) is 12.0 Å². The van der Waals surface area contributed by atoms with E-state index in [1.54, 1.807) is 0 Å². The highest BCUT2D eigenvalue weighted by molar-refractivity contribution is 7.05. The van der Waals surface area contributed by atoms with E-state index in [1.165, 1.54) is 17.1 Å². The normalized spacial score (nSPS) is 15.1. The molecule has 0 fully saturated rings. The number of fused-ring (bicyclic) bond motifs is 1. The number of para-hydroxylation sites is 1. The van der Waals surface area contributed by atoms with Crippen LogP contribution < -0.4 is 4.74 Å². The fraction of sp³-hybridized carbons (Fsp3) is 0.429. The van der Waals surface area contributed by atoms with Crippen LogP contribution in [0.25, 0.3) is 0 Å². The average molecular weight is 276 g/mol. The van der Waals surface area contributed by atoms with E-state index >= 15 is 0 Å². The lowest BCUT2D eigenvalue weighted by molar-refractivity contribution is 0.216. The number of hydrogen-bond donors (Lipinski definition) is 1. The Labute approximate surface area is 116 Å². The van der Waals surface area contributed by atoms with E-state index in [4.69, 9.17) is 4.74 Å². The zero-order valence-corrected chi connectivity index (χ0v) is 11.6. The number of aromatic nitrogens is 2. The Balaban J connectivity index is 1.98. The van der Waals surface area contributed by atoms with Gasteiger partial charge in [0.25, 0.3) is 0 Å². The number of benzene rings is 1. The van der Waals surface area contributed by atoms with Crippen molar-refractivity contribution >= 4 is 11.5 Å². The van der Waals surface area contributed by atoms with Gasteiger partial charge in [-0.05, 0) is 23.5 Å². The number of nitrogens with zero attached hydrogens (tertiary/aromatic N) is 2. The molecule has 2 aromatic rings. The van der Waals surface area contributed by atoms with E-state index < -0.39 is 6.10 Å². The molecule has 3 rings (SSSR count). The fourth-order valence-corrected chi connectivity index (χ4v) is 3.13. The van der Waals surface area contributed by atoms with Gasteiger partial charge < -0.3 is 9.84 Å². The van der Waals surface area contributed by atoms with Crippen LogP contribution in [-0.2, 0) is 12.8 Å². The Morgan fingerprint density at radius 1 is 1.47 bits per heavy atom. The largest absolute Gasteiger partial charge is 0.493 e. The van der Waals surface area contributed by atoms with E-state index in [-0.39, 0.29) is 0 Å². The lowest BCUT2D eigenvalue weighted by atomic mass is 10.0. The Bertz CT molecular complexity index is 583. The van der Waals surface area contributed by atoms with Crippen molar-refractivity contribution in [2.24, 2.45) is 0 Å². The van der Waals surface area contributed by atoms with Gasteiger partial charge in [-0.2, -0.15) is 0 Å². The molecule has 1 unspecified atom stereocenters. The average Bonchev–Trinajstić information content (AvgIpc) is 3.06. The van der Waals surface area contributed by atoms with Crippen LogP contribution in [0.4, 0.5) is 0 Å². The first kappa shape index (κ1) is 12.6. The molecule has 0 amide bonds. The molecule has 0 aliphatic carbocycles. The molecule has 4 nitrogen and oxygen atoms in total. The van der Waals surface area contributed by atoms with E-state index in [9.17, 15) is 5.11 Å². The molecule has 0 bridgehead atoms. The minimum absolute atomic E-state index is 0.686. The number of aliphatic hydroxyl groups excluding tert-OH is 1. The first-order chi connectivity index (χ1) is 9.31. The SMILES string of the molecule is CCCc1nnsc1C(O)c1cccc2c1OCC2. The van der Waals surface area contributed by atoms with Gasteiger partial charge >= 0.3 is 0 Å². The third-order valence-electron chi connectivity index (χ3n) is 3.36. The molecule has 1 aromatic carbocycles. The summed E-state index contributed by atoms with van der Waals surface area (Å²) in [6.45, 7) is 2.79. The molecule has 0 spiro atoms. The molecular weight excluding hydrogens is 260 g/mol. The van der Waals surface area contributed by atoms with Crippen molar-refractivity contribution in [1.29, 1.82) is 0 Å². The van der Waals surface area contributed by atoms with Gasteiger partial charge in [0.2, 0.25) is 0 Å².